The van der Waals surface area contributed by atoms with Gasteiger partial charge in [-0.1, -0.05) is 72.8 Å². The molecule has 32 heavy (non-hydrogen) atoms. The number of allylic oxidation sites excluding steroid dienone is 1. The fourth-order valence-electron chi connectivity index (χ4n) is 3.04. The first-order valence-corrected chi connectivity index (χ1v) is 11.4. The zero-order chi connectivity index (χ0) is 22.2. The van der Waals surface area contributed by atoms with Gasteiger partial charge in [-0.05, 0) is 59.7 Å². The molecule has 0 aromatic heterocycles. The summed E-state index contributed by atoms with van der Waals surface area (Å²) in [7, 11) is -1.55. The monoisotopic (exact) mass is 446 g/mol. The van der Waals surface area contributed by atoms with Crippen LogP contribution in [0.1, 0.15) is 16.8 Å². The largest absolute Gasteiger partial charge is 0.438 e. The molecule has 0 N–H and O–H groups in total. The lowest BCUT2D eigenvalue weighted by molar-refractivity contribution is 0.482. The molecule has 0 fully saturated rings. The van der Waals surface area contributed by atoms with Crippen molar-refractivity contribution in [1.82, 2.24) is 0 Å². The molecule has 0 aliphatic heterocycles. The maximum atomic E-state index is 13.6. The molecule has 5 heteroatoms. The van der Waals surface area contributed by atoms with Crippen LogP contribution in [0.15, 0.2) is 115 Å². The highest BCUT2D eigenvalue weighted by molar-refractivity contribution is 7.48. The van der Waals surface area contributed by atoms with Gasteiger partial charge in [-0.15, -0.1) is 0 Å². The maximum absolute atomic E-state index is 13.6. The molecule has 4 aromatic carbocycles. The lowest BCUT2D eigenvalue weighted by Crippen LogP contribution is -2.05. The van der Waals surface area contributed by atoms with E-state index in [0.717, 1.165) is 11.1 Å². The van der Waals surface area contributed by atoms with Gasteiger partial charge >= 0.3 is 8.38 Å². The first-order valence-electron chi connectivity index (χ1n) is 10.1. The smallest absolute Gasteiger partial charge is 0.302 e. The van der Waals surface area contributed by atoms with E-state index in [2.05, 4.69) is 0 Å². The Morgan fingerprint density at radius 2 is 1.06 bits per heavy atom. The molecule has 0 amide bonds. The zero-order valence-electron chi connectivity index (χ0n) is 17.1. The SMILES string of the molecule is Fc1ccc(/C=C/C(c2ccc(F)cc2)P(Oc2ccccc2)Oc2ccccc2)cc1. The van der Waals surface area contributed by atoms with Gasteiger partial charge < -0.3 is 9.05 Å². The Morgan fingerprint density at radius 3 is 1.56 bits per heavy atom. The third-order valence-corrected chi connectivity index (χ3v) is 6.36. The van der Waals surface area contributed by atoms with Gasteiger partial charge in [0, 0.05) is 0 Å². The second-order valence-corrected chi connectivity index (χ2v) is 8.49. The molecule has 0 aliphatic carbocycles. The van der Waals surface area contributed by atoms with Crippen LogP contribution in [0, 0.1) is 11.6 Å². The van der Waals surface area contributed by atoms with Crippen molar-refractivity contribution in [2.45, 2.75) is 5.66 Å². The predicted octanol–water partition coefficient (Wildman–Crippen LogP) is 8.19. The molecule has 0 radical (unpaired) electrons. The Bertz CT molecular complexity index is 1090. The second-order valence-electron chi connectivity index (χ2n) is 7.00. The van der Waals surface area contributed by atoms with Crippen molar-refractivity contribution in [1.29, 1.82) is 0 Å². The van der Waals surface area contributed by atoms with Gasteiger partial charge in [0.25, 0.3) is 0 Å². The van der Waals surface area contributed by atoms with E-state index in [4.69, 9.17) is 9.05 Å². The minimum atomic E-state index is -1.55. The molecule has 4 aromatic rings. The Morgan fingerprint density at radius 1 is 0.594 bits per heavy atom. The summed E-state index contributed by atoms with van der Waals surface area (Å²) in [5, 5.41) is 0. The van der Waals surface area contributed by atoms with Gasteiger partial charge in [-0.3, -0.25) is 0 Å². The van der Waals surface area contributed by atoms with Crippen LogP contribution in [0.5, 0.6) is 11.5 Å². The van der Waals surface area contributed by atoms with E-state index in [1.54, 1.807) is 24.3 Å². The van der Waals surface area contributed by atoms with Crippen LogP contribution in [0.3, 0.4) is 0 Å². The molecule has 0 saturated carbocycles. The van der Waals surface area contributed by atoms with Crippen LogP contribution in [-0.2, 0) is 0 Å². The van der Waals surface area contributed by atoms with E-state index >= 15 is 0 Å². The average molecular weight is 446 g/mol. The summed E-state index contributed by atoms with van der Waals surface area (Å²) in [6.07, 6.45) is 3.85. The van der Waals surface area contributed by atoms with Gasteiger partial charge in [0.05, 0.1) is 5.66 Å². The number of halogens is 2. The quantitative estimate of drug-likeness (QED) is 0.254. The molecule has 160 valence electrons. The highest BCUT2D eigenvalue weighted by atomic mass is 31.2. The number of hydrogen-bond acceptors (Lipinski definition) is 2. The molecule has 0 heterocycles. The lowest BCUT2D eigenvalue weighted by Gasteiger charge is -2.25. The Labute approximate surface area is 187 Å². The minimum absolute atomic E-state index is 0.292. The van der Waals surface area contributed by atoms with Gasteiger partial charge in [0.1, 0.15) is 23.1 Å². The summed E-state index contributed by atoms with van der Waals surface area (Å²) >= 11 is 0. The van der Waals surface area contributed by atoms with Crippen molar-refractivity contribution in [3.05, 3.63) is 138 Å². The molecule has 0 saturated heterocycles. The predicted molar refractivity (Wildman–Crippen MR) is 126 cm³/mol. The lowest BCUT2D eigenvalue weighted by atomic mass is 10.1. The number of rotatable bonds is 8. The van der Waals surface area contributed by atoms with E-state index in [-0.39, 0.29) is 17.3 Å². The highest BCUT2D eigenvalue weighted by Crippen LogP contribution is 2.53. The fraction of sp³-hybridized carbons (Fsp3) is 0.0370. The fourth-order valence-corrected chi connectivity index (χ4v) is 4.61. The third kappa shape index (κ3) is 6.03. The average Bonchev–Trinajstić information content (AvgIpc) is 2.83. The van der Waals surface area contributed by atoms with Gasteiger partial charge in [0.2, 0.25) is 0 Å². The molecule has 1 atom stereocenters. The standard InChI is InChI=1S/C27H21F2O2P/c28-23-16-11-21(12-17-23)13-20-27(22-14-18-24(29)19-15-22)32(30-25-7-3-1-4-8-25)31-26-9-5-2-6-10-26/h1-20,27H/b20-13+. The van der Waals surface area contributed by atoms with Crippen LogP contribution in [0.25, 0.3) is 6.08 Å². The molecular formula is C27H21F2O2P. The Balaban J connectivity index is 1.71. The van der Waals surface area contributed by atoms with E-state index in [0.29, 0.717) is 11.5 Å². The molecule has 1 unspecified atom stereocenters. The Kier molecular flexibility index (Phi) is 7.27. The second kappa shape index (κ2) is 10.7. The van der Waals surface area contributed by atoms with Crippen molar-refractivity contribution >= 4 is 14.5 Å². The van der Waals surface area contributed by atoms with Crippen LogP contribution in [0.2, 0.25) is 0 Å². The van der Waals surface area contributed by atoms with E-state index in [9.17, 15) is 8.78 Å². The topological polar surface area (TPSA) is 18.5 Å². The summed E-state index contributed by atoms with van der Waals surface area (Å²) in [6.45, 7) is 0. The summed E-state index contributed by atoms with van der Waals surface area (Å²) in [5.41, 5.74) is 1.38. The zero-order valence-corrected chi connectivity index (χ0v) is 18.0. The van der Waals surface area contributed by atoms with Crippen molar-refractivity contribution in [2.75, 3.05) is 0 Å². The van der Waals surface area contributed by atoms with E-state index in [1.807, 2.05) is 72.8 Å². The van der Waals surface area contributed by atoms with Crippen LogP contribution < -0.4 is 9.05 Å². The summed E-state index contributed by atoms with van der Waals surface area (Å²) in [5.74, 6) is 0.750. The van der Waals surface area contributed by atoms with Crippen molar-refractivity contribution in [2.24, 2.45) is 0 Å². The number of hydrogen-bond donors (Lipinski definition) is 0. The first-order chi connectivity index (χ1) is 15.7. The van der Waals surface area contributed by atoms with Gasteiger partial charge in [0.15, 0.2) is 0 Å². The first kappa shape index (κ1) is 21.7. The molecule has 0 spiro atoms. The third-order valence-electron chi connectivity index (χ3n) is 4.66. The van der Waals surface area contributed by atoms with Crippen LogP contribution in [-0.4, -0.2) is 0 Å². The maximum Gasteiger partial charge on any atom is 0.302 e. The van der Waals surface area contributed by atoms with Crippen LogP contribution >= 0.6 is 8.38 Å². The minimum Gasteiger partial charge on any atom is -0.438 e. The normalized spacial score (nSPS) is 12.1. The summed E-state index contributed by atoms with van der Waals surface area (Å²) in [4.78, 5) is 0. The summed E-state index contributed by atoms with van der Waals surface area (Å²) < 4.78 is 39.5. The van der Waals surface area contributed by atoms with E-state index < -0.39 is 8.38 Å². The Hall–Kier alpha value is -3.49. The molecule has 4 rings (SSSR count). The van der Waals surface area contributed by atoms with Crippen LogP contribution in [0.4, 0.5) is 8.78 Å². The van der Waals surface area contributed by atoms with Gasteiger partial charge in [-0.2, -0.15) is 0 Å². The molecule has 0 bridgehead atoms. The van der Waals surface area contributed by atoms with E-state index in [1.165, 1.54) is 24.3 Å². The van der Waals surface area contributed by atoms with Crippen molar-refractivity contribution in [3.8, 4) is 11.5 Å². The van der Waals surface area contributed by atoms with Crippen molar-refractivity contribution in [3.63, 3.8) is 0 Å². The summed E-state index contributed by atoms with van der Waals surface area (Å²) in [6, 6.07) is 31.4. The molecular weight excluding hydrogens is 425 g/mol. The number of para-hydroxylation sites is 2. The van der Waals surface area contributed by atoms with Crippen molar-refractivity contribution < 1.29 is 17.8 Å². The highest BCUT2D eigenvalue weighted by Gasteiger charge is 2.27. The molecule has 0 aliphatic rings. The number of benzene rings is 4. The molecule has 2 nitrogen and oxygen atoms in total. The van der Waals surface area contributed by atoms with Gasteiger partial charge in [-0.25, -0.2) is 8.78 Å².